The maximum Gasteiger partial charge on any atom is 0.225 e. The van der Waals surface area contributed by atoms with E-state index >= 15 is 0 Å². The first-order valence-corrected chi connectivity index (χ1v) is 11.8. The van der Waals surface area contributed by atoms with E-state index in [1.807, 2.05) is 6.07 Å². The van der Waals surface area contributed by atoms with Crippen LogP contribution in [0.5, 0.6) is 0 Å². The van der Waals surface area contributed by atoms with E-state index in [4.69, 9.17) is 5.26 Å². The molecule has 2 fully saturated rings. The highest BCUT2D eigenvalue weighted by Gasteiger charge is 2.58. The van der Waals surface area contributed by atoms with Gasteiger partial charge in [-0.05, 0) is 79.0 Å². The van der Waals surface area contributed by atoms with Crippen LogP contribution in [0.2, 0.25) is 0 Å². The first-order chi connectivity index (χ1) is 15.5. The number of nitriles is 1. The molecule has 5 atom stereocenters. The number of carbonyl (C=O) groups excluding carboxylic acids is 2. The molecule has 1 heterocycles. The standard InChI is InChI=1S/C27H29N3O2/c1-27-13-12-21-20-5-3-2-4-18(20)7-9-22(21)26(27)19(14-23(27)31)8-11-25(32)30-24-10-6-17(15-28)16-29-24/h2-6,10,16,19,21-22,26H,7-9,11-14H2,1H3,(H,29,30,32)/t19-,21?,22?,26?,27-/m1/s1. The van der Waals surface area contributed by atoms with Crippen LogP contribution in [0.4, 0.5) is 5.82 Å². The van der Waals surface area contributed by atoms with Gasteiger partial charge in [0.2, 0.25) is 5.91 Å². The number of hydrogen-bond acceptors (Lipinski definition) is 4. The Bertz CT molecular complexity index is 1090. The quantitative estimate of drug-likeness (QED) is 0.742. The second-order valence-electron chi connectivity index (χ2n) is 10.0. The fourth-order valence-corrected chi connectivity index (χ4v) is 6.90. The van der Waals surface area contributed by atoms with Crippen molar-refractivity contribution in [2.75, 3.05) is 5.32 Å². The van der Waals surface area contributed by atoms with E-state index in [1.54, 1.807) is 12.1 Å². The largest absolute Gasteiger partial charge is 0.311 e. The molecule has 2 aromatic rings. The molecule has 2 saturated carbocycles. The van der Waals surface area contributed by atoms with Crippen molar-refractivity contribution in [3.05, 3.63) is 59.3 Å². The molecule has 0 bridgehead atoms. The van der Waals surface area contributed by atoms with Gasteiger partial charge >= 0.3 is 0 Å². The average molecular weight is 428 g/mol. The SMILES string of the molecule is C[C@]12CCC3c4ccccc4CCC3C1[C@H](CCC(=O)Nc1ccc(C#N)cn1)CC2=O. The van der Waals surface area contributed by atoms with Crippen LogP contribution < -0.4 is 5.32 Å². The van der Waals surface area contributed by atoms with Gasteiger partial charge in [-0.1, -0.05) is 31.2 Å². The summed E-state index contributed by atoms with van der Waals surface area (Å²) in [6, 6.07) is 14.2. The Morgan fingerprint density at radius 2 is 2.09 bits per heavy atom. The second kappa shape index (κ2) is 8.16. The number of nitrogens with zero attached hydrogens (tertiary/aromatic N) is 2. The lowest BCUT2D eigenvalue weighted by atomic mass is 9.54. The van der Waals surface area contributed by atoms with E-state index in [1.165, 1.54) is 17.3 Å². The van der Waals surface area contributed by atoms with Crippen LogP contribution in [-0.2, 0) is 16.0 Å². The molecule has 0 saturated heterocycles. The van der Waals surface area contributed by atoms with Crippen LogP contribution >= 0.6 is 0 Å². The molecule has 5 nitrogen and oxygen atoms in total. The number of hydrogen-bond donors (Lipinski definition) is 1. The Balaban J connectivity index is 1.30. The number of pyridine rings is 1. The zero-order valence-corrected chi connectivity index (χ0v) is 18.5. The van der Waals surface area contributed by atoms with Gasteiger partial charge in [-0.25, -0.2) is 4.98 Å². The van der Waals surface area contributed by atoms with E-state index in [0.717, 1.165) is 32.1 Å². The summed E-state index contributed by atoms with van der Waals surface area (Å²) in [6.45, 7) is 2.19. The van der Waals surface area contributed by atoms with Crippen molar-refractivity contribution in [2.24, 2.45) is 23.2 Å². The Kier molecular flexibility index (Phi) is 5.33. The zero-order chi connectivity index (χ0) is 22.3. The Hall–Kier alpha value is -3.00. The molecular weight excluding hydrogens is 398 g/mol. The first kappa shape index (κ1) is 20.9. The van der Waals surface area contributed by atoms with Crippen molar-refractivity contribution in [3.63, 3.8) is 0 Å². The summed E-state index contributed by atoms with van der Waals surface area (Å²) in [7, 11) is 0. The molecule has 1 amide bonds. The summed E-state index contributed by atoms with van der Waals surface area (Å²) in [5.41, 5.74) is 3.21. The fraction of sp³-hybridized carbons (Fsp3) is 0.481. The number of ketones is 1. The van der Waals surface area contributed by atoms with Gasteiger partial charge in [-0.15, -0.1) is 0 Å². The van der Waals surface area contributed by atoms with Crippen LogP contribution in [0.15, 0.2) is 42.6 Å². The molecule has 0 spiro atoms. The average Bonchev–Trinajstić information content (AvgIpc) is 3.08. The van der Waals surface area contributed by atoms with Gasteiger partial charge < -0.3 is 5.32 Å². The number of carbonyl (C=O) groups is 2. The van der Waals surface area contributed by atoms with E-state index in [-0.39, 0.29) is 17.2 Å². The minimum atomic E-state index is -0.233. The summed E-state index contributed by atoms with van der Waals surface area (Å²) < 4.78 is 0. The van der Waals surface area contributed by atoms with Gasteiger partial charge in [0, 0.05) is 24.5 Å². The normalized spacial score (nSPS) is 30.6. The van der Waals surface area contributed by atoms with Crippen LogP contribution in [0.1, 0.15) is 68.1 Å². The van der Waals surface area contributed by atoms with Crippen molar-refractivity contribution < 1.29 is 9.59 Å². The highest BCUT2D eigenvalue weighted by molar-refractivity contribution is 5.90. The monoisotopic (exact) mass is 427 g/mol. The van der Waals surface area contributed by atoms with Crippen LogP contribution in [0.25, 0.3) is 0 Å². The number of Topliss-reactive ketones (excluding diaryl/α,β-unsaturated/α-hetero) is 1. The number of nitrogens with one attached hydrogen (secondary N) is 1. The molecule has 5 rings (SSSR count). The summed E-state index contributed by atoms with van der Waals surface area (Å²) in [5, 5.41) is 11.7. The van der Waals surface area contributed by atoms with Gasteiger partial charge in [-0.2, -0.15) is 5.26 Å². The smallest absolute Gasteiger partial charge is 0.225 e. The number of anilines is 1. The molecule has 5 heteroatoms. The molecule has 0 radical (unpaired) electrons. The van der Waals surface area contributed by atoms with Crippen molar-refractivity contribution in [2.45, 2.75) is 57.8 Å². The molecule has 164 valence electrons. The first-order valence-electron chi connectivity index (χ1n) is 11.8. The molecule has 3 unspecified atom stereocenters. The fourth-order valence-electron chi connectivity index (χ4n) is 6.90. The van der Waals surface area contributed by atoms with Gasteiger partial charge in [-0.3, -0.25) is 9.59 Å². The number of benzene rings is 1. The topological polar surface area (TPSA) is 82.8 Å². The summed E-state index contributed by atoms with van der Waals surface area (Å²) in [4.78, 5) is 29.8. The van der Waals surface area contributed by atoms with E-state index in [2.05, 4.69) is 41.5 Å². The molecule has 1 aromatic heterocycles. The lowest BCUT2D eigenvalue weighted by Crippen LogP contribution is -2.44. The van der Waals surface area contributed by atoms with Gasteiger partial charge in [0.05, 0.1) is 5.56 Å². The van der Waals surface area contributed by atoms with E-state index in [0.29, 0.717) is 47.8 Å². The van der Waals surface area contributed by atoms with Gasteiger partial charge in [0.15, 0.2) is 0 Å². The predicted molar refractivity (Wildman–Crippen MR) is 122 cm³/mol. The highest BCUT2D eigenvalue weighted by Crippen LogP contribution is 2.62. The highest BCUT2D eigenvalue weighted by atomic mass is 16.1. The minimum absolute atomic E-state index is 0.0791. The zero-order valence-electron chi connectivity index (χ0n) is 18.5. The molecular formula is C27H29N3O2. The molecule has 32 heavy (non-hydrogen) atoms. The van der Waals surface area contributed by atoms with E-state index in [9.17, 15) is 9.59 Å². The summed E-state index contributed by atoms with van der Waals surface area (Å²) >= 11 is 0. The van der Waals surface area contributed by atoms with Crippen molar-refractivity contribution in [1.29, 1.82) is 5.26 Å². The predicted octanol–water partition coefficient (Wildman–Crippen LogP) is 5.02. The number of rotatable bonds is 4. The number of aryl methyl sites for hydroxylation is 1. The lowest BCUT2D eigenvalue weighted by Gasteiger charge is -2.50. The van der Waals surface area contributed by atoms with Crippen molar-refractivity contribution in [1.82, 2.24) is 4.98 Å². The Labute approximate surface area is 189 Å². The Morgan fingerprint density at radius 3 is 2.88 bits per heavy atom. The maximum absolute atomic E-state index is 13.1. The van der Waals surface area contributed by atoms with Crippen LogP contribution in [0, 0.1) is 34.5 Å². The van der Waals surface area contributed by atoms with Crippen molar-refractivity contribution >= 4 is 17.5 Å². The number of fused-ring (bicyclic) bond motifs is 5. The second-order valence-corrected chi connectivity index (χ2v) is 10.0. The molecule has 1 aromatic carbocycles. The maximum atomic E-state index is 13.1. The van der Waals surface area contributed by atoms with Crippen LogP contribution in [-0.4, -0.2) is 16.7 Å². The number of amides is 1. The van der Waals surface area contributed by atoms with Gasteiger partial charge in [0.1, 0.15) is 17.7 Å². The lowest BCUT2D eigenvalue weighted by molar-refractivity contribution is -0.129. The van der Waals surface area contributed by atoms with Crippen molar-refractivity contribution in [3.8, 4) is 6.07 Å². The minimum Gasteiger partial charge on any atom is -0.311 e. The third-order valence-corrected chi connectivity index (χ3v) is 8.38. The molecule has 3 aliphatic rings. The number of aromatic nitrogens is 1. The third-order valence-electron chi connectivity index (χ3n) is 8.38. The van der Waals surface area contributed by atoms with Gasteiger partial charge in [0.25, 0.3) is 0 Å². The van der Waals surface area contributed by atoms with Crippen LogP contribution in [0.3, 0.4) is 0 Å². The summed E-state index contributed by atoms with van der Waals surface area (Å²) in [5.74, 6) is 2.49. The Morgan fingerprint density at radius 1 is 1.25 bits per heavy atom. The summed E-state index contributed by atoms with van der Waals surface area (Å²) in [6.07, 6.45) is 7.48. The van der Waals surface area contributed by atoms with E-state index < -0.39 is 0 Å². The molecule has 0 aliphatic heterocycles. The molecule has 3 aliphatic carbocycles. The third kappa shape index (κ3) is 3.52. The molecule has 1 N–H and O–H groups in total.